The van der Waals surface area contributed by atoms with Crippen LogP contribution in [0.5, 0.6) is 0 Å². The van der Waals surface area contributed by atoms with Crippen LogP contribution in [-0.2, 0) is 12.4 Å². The van der Waals surface area contributed by atoms with E-state index in [9.17, 15) is 0 Å². The highest BCUT2D eigenvalue weighted by molar-refractivity contribution is 6.17. The van der Waals surface area contributed by atoms with Crippen LogP contribution < -0.4 is 4.90 Å². The van der Waals surface area contributed by atoms with Crippen molar-refractivity contribution < 1.29 is 0 Å². The maximum atomic E-state index is 5.95. The lowest BCUT2D eigenvalue weighted by Crippen LogP contribution is -2.18. The Kier molecular flexibility index (Phi) is 4.15. The molecule has 2 aromatic rings. The van der Waals surface area contributed by atoms with Crippen LogP contribution in [0.1, 0.15) is 16.8 Å². The molecule has 0 amide bonds. The summed E-state index contributed by atoms with van der Waals surface area (Å²) in [6.07, 6.45) is 5.47. The molecule has 0 aliphatic heterocycles. The molecule has 0 fully saturated rings. The van der Waals surface area contributed by atoms with Crippen LogP contribution in [-0.4, -0.2) is 17.0 Å². The van der Waals surface area contributed by atoms with E-state index in [0.29, 0.717) is 5.88 Å². The molecule has 2 rings (SSSR count). The van der Waals surface area contributed by atoms with Crippen LogP contribution >= 0.6 is 11.6 Å². The van der Waals surface area contributed by atoms with Crippen molar-refractivity contribution in [2.24, 2.45) is 0 Å². The molecule has 2 aromatic heterocycles. The molecular weight excluding hydrogens is 246 g/mol. The number of halogens is 1. The maximum absolute atomic E-state index is 5.95. The van der Waals surface area contributed by atoms with Gasteiger partial charge in [-0.2, -0.15) is 0 Å². The van der Waals surface area contributed by atoms with Gasteiger partial charge in [0.25, 0.3) is 0 Å². The Morgan fingerprint density at radius 2 is 2.00 bits per heavy atom. The summed E-state index contributed by atoms with van der Waals surface area (Å²) >= 11 is 5.95. The van der Waals surface area contributed by atoms with Gasteiger partial charge in [0.1, 0.15) is 0 Å². The van der Waals surface area contributed by atoms with Gasteiger partial charge in [0.2, 0.25) is 0 Å². The minimum absolute atomic E-state index is 0.475. The molecule has 0 N–H and O–H groups in total. The smallest absolute Gasteiger partial charge is 0.0509 e. The summed E-state index contributed by atoms with van der Waals surface area (Å²) in [7, 11) is 2.06. The summed E-state index contributed by atoms with van der Waals surface area (Å²) in [5, 5.41) is 0. The SMILES string of the molecule is Cc1cc(N(C)Cc2ccncc2)c(CCl)cn1. The monoisotopic (exact) mass is 261 g/mol. The molecule has 0 atom stereocenters. The second-order valence-electron chi connectivity index (χ2n) is 4.30. The fraction of sp³-hybridized carbons (Fsp3) is 0.286. The Bertz CT molecular complexity index is 514. The van der Waals surface area contributed by atoms with Crippen molar-refractivity contribution in [2.45, 2.75) is 19.3 Å². The van der Waals surface area contributed by atoms with E-state index in [-0.39, 0.29) is 0 Å². The van der Waals surface area contributed by atoms with Crippen molar-refractivity contribution >= 4 is 17.3 Å². The number of hydrogen-bond acceptors (Lipinski definition) is 3. The van der Waals surface area contributed by atoms with E-state index < -0.39 is 0 Å². The van der Waals surface area contributed by atoms with E-state index in [1.807, 2.05) is 37.6 Å². The van der Waals surface area contributed by atoms with Crippen LogP contribution in [0.2, 0.25) is 0 Å². The lowest BCUT2D eigenvalue weighted by molar-refractivity contribution is 0.906. The van der Waals surface area contributed by atoms with E-state index in [1.54, 1.807) is 0 Å². The van der Waals surface area contributed by atoms with Gasteiger partial charge in [-0.25, -0.2) is 0 Å². The number of aromatic nitrogens is 2. The van der Waals surface area contributed by atoms with Crippen molar-refractivity contribution in [3.05, 3.63) is 53.6 Å². The first-order chi connectivity index (χ1) is 8.70. The summed E-state index contributed by atoms with van der Waals surface area (Å²) in [5.74, 6) is 0.475. The molecule has 2 heterocycles. The molecule has 3 nitrogen and oxygen atoms in total. The summed E-state index contributed by atoms with van der Waals surface area (Å²) in [4.78, 5) is 10.5. The van der Waals surface area contributed by atoms with Crippen molar-refractivity contribution in [1.82, 2.24) is 9.97 Å². The molecule has 0 aliphatic rings. The van der Waals surface area contributed by atoms with Gasteiger partial charge in [0.05, 0.1) is 5.88 Å². The van der Waals surface area contributed by atoms with E-state index >= 15 is 0 Å². The minimum Gasteiger partial charge on any atom is -0.370 e. The average molecular weight is 262 g/mol. The van der Waals surface area contributed by atoms with E-state index in [0.717, 1.165) is 23.5 Å². The maximum Gasteiger partial charge on any atom is 0.0509 e. The Morgan fingerprint density at radius 1 is 1.28 bits per heavy atom. The van der Waals surface area contributed by atoms with E-state index in [2.05, 4.69) is 28.0 Å². The molecule has 94 valence electrons. The molecule has 0 aliphatic carbocycles. The highest BCUT2D eigenvalue weighted by Gasteiger charge is 2.08. The van der Waals surface area contributed by atoms with Crippen molar-refractivity contribution in [3.8, 4) is 0 Å². The van der Waals surface area contributed by atoms with E-state index in [4.69, 9.17) is 11.6 Å². The quantitative estimate of drug-likeness (QED) is 0.792. The van der Waals surface area contributed by atoms with Gasteiger partial charge in [0.15, 0.2) is 0 Å². The number of anilines is 1. The van der Waals surface area contributed by atoms with Crippen LogP contribution in [0, 0.1) is 6.92 Å². The van der Waals surface area contributed by atoms with Crippen molar-refractivity contribution in [3.63, 3.8) is 0 Å². The third-order valence-corrected chi connectivity index (χ3v) is 3.11. The van der Waals surface area contributed by atoms with Crippen molar-refractivity contribution in [1.29, 1.82) is 0 Å². The first-order valence-electron chi connectivity index (χ1n) is 5.82. The van der Waals surface area contributed by atoms with Gasteiger partial charge in [-0.15, -0.1) is 11.6 Å². The Labute approximate surface area is 112 Å². The summed E-state index contributed by atoms with van der Waals surface area (Å²) in [6, 6.07) is 6.11. The van der Waals surface area contributed by atoms with E-state index in [1.165, 1.54) is 5.56 Å². The molecule has 0 aromatic carbocycles. The van der Waals surface area contributed by atoms with Gasteiger partial charge in [-0.3, -0.25) is 9.97 Å². The third-order valence-electron chi connectivity index (χ3n) is 2.82. The van der Waals surface area contributed by atoms with Gasteiger partial charge in [-0.05, 0) is 30.7 Å². The second-order valence-corrected chi connectivity index (χ2v) is 4.57. The third kappa shape index (κ3) is 2.99. The number of aryl methyl sites for hydroxylation is 1. The molecule has 0 spiro atoms. The lowest BCUT2D eigenvalue weighted by atomic mass is 10.2. The predicted octanol–water partition coefficient (Wildman–Crippen LogP) is 3.16. The molecule has 0 radical (unpaired) electrons. The predicted molar refractivity (Wildman–Crippen MR) is 74.9 cm³/mol. The number of rotatable bonds is 4. The fourth-order valence-electron chi connectivity index (χ4n) is 1.88. The summed E-state index contributed by atoms with van der Waals surface area (Å²) in [6.45, 7) is 2.82. The number of alkyl halides is 1. The zero-order valence-electron chi connectivity index (χ0n) is 10.6. The van der Waals surface area contributed by atoms with Gasteiger partial charge >= 0.3 is 0 Å². The standard InChI is InChI=1S/C14H16ClN3/c1-11-7-14(13(8-15)9-17-11)18(2)10-12-3-5-16-6-4-12/h3-7,9H,8,10H2,1-2H3. The van der Waals surface area contributed by atoms with Crippen LogP contribution in [0.15, 0.2) is 36.8 Å². The Hall–Kier alpha value is -1.61. The first-order valence-corrected chi connectivity index (χ1v) is 6.35. The minimum atomic E-state index is 0.475. The van der Waals surface area contributed by atoms with Crippen molar-refractivity contribution in [2.75, 3.05) is 11.9 Å². The number of hydrogen-bond donors (Lipinski definition) is 0. The lowest BCUT2D eigenvalue weighted by Gasteiger charge is -2.22. The number of pyridine rings is 2. The molecule has 0 saturated carbocycles. The summed E-state index contributed by atoms with van der Waals surface area (Å²) < 4.78 is 0. The Morgan fingerprint density at radius 3 is 2.67 bits per heavy atom. The number of nitrogens with zero attached hydrogens (tertiary/aromatic N) is 3. The average Bonchev–Trinajstić information content (AvgIpc) is 2.40. The largest absolute Gasteiger partial charge is 0.370 e. The summed E-state index contributed by atoms with van der Waals surface area (Å²) in [5.41, 5.74) is 4.41. The molecular formula is C14H16ClN3. The highest BCUT2D eigenvalue weighted by atomic mass is 35.5. The molecule has 18 heavy (non-hydrogen) atoms. The Balaban J connectivity index is 2.23. The zero-order valence-corrected chi connectivity index (χ0v) is 11.4. The van der Waals surface area contributed by atoms with Gasteiger partial charge in [-0.1, -0.05) is 0 Å². The normalized spacial score (nSPS) is 10.4. The van der Waals surface area contributed by atoms with Gasteiger partial charge < -0.3 is 4.90 Å². The second kappa shape index (κ2) is 5.83. The molecule has 0 unspecified atom stereocenters. The molecule has 4 heteroatoms. The highest BCUT2D eigenvalue weighted by Crippen LogP contribution is 2.22. The molecule has 0 bridgehead atoms. The van der Waals surface area contributed by atoms with Gasteiger partial charge in [0, 0.05) is 49.1 Å². The molecule has 0 saturated heterocycles. The zero-order chi connectivity index (χ0) is 13.0. The van der Waals surface area contributed by atoms with Crippen LogP contribution in [0.25, 0.3) is 0 Å². The fourth-order valence-corrected chi connectivity index (χ4v) is 2.09. The first kappa shape index (κ1) is 12.8. The van der Waals surface area contributed by atoms with Crippen LogP contribution in [0.3, 0.4) is 0 Å². The topological polar surface area (TPSA) is 29.0 Å². The van der Waals surface area contributed by atoms with Crippen LogP contribution in [0.4, 0.5) is 5.69 Å².